The predicted octanol–water partition coefficient (Wildman–Crippen LogP) is 3.32. The van der Waals surface area contributed by atoms with Gasteiger partial charge in [0.25, 0.3) is 0 Å². The predicted molar refractivity (Wildman–Crippen MR) is 91.1 cm³/mol. The Kier molecular flexibility index (Phi) is 4.28. The lowest BCUT2D eigenvalue weighted by molar-refractivity contribution is 0.596. The summed E-state index contributed by atoms with van der Waals surface area (Å²) < 4.78 is 22.2. The van der Waals surface area contributed by atoms with Crippen molar-refractivity contribution in [3.05, 3.63) is 41.5 Å². The number of hydrogen-bond acceptors (Lipinski definition) is 3. The highest BCUT2D eigenvalue weighted by molar-refractivity contribution is 5.80. The molecule has 1 aromatic rings. The summed E-state index contributed by atoms with van der Waals surface area (Å²) >= 11 is 0. The summed E-state index contributed by atoms with van der Waals surface area (Å²) in [5.41, 5.74) is 2.26. The maximum Gasteiger partial charge on any atom is 0.203 e. The highest BCUT2D eigenvalue weighted by Gasteiger charge is 2.13. The standard InChI is InChI=1S/C18H20FN3O/c1-4-20-15-11-18-16(10-13(15)19)21-14-8-7-12(9-17(14)23-18)22(5-2)6-3/h7-11H,4-6H2,1-3H3/p+1. The lowest BCUT2D eigenvalue weighted by Gasteiger charge is -2.09. The largest absolute Gasteiger partial charge is 0.452 e. The van der Waals surface area contributed by atoms with Crippen molar-refractivity contribution < 1.29 is 8.81 Å². The van der Waals surface area contributed by atoms with Crippen LogP contribution in [-0.4, -0.2) is 24.6 Å². The molecule has 120 valence electrons. The molecule has 1 aliphatic heterocycles. The van der Waals surface area contributed by atoms with Crippen molar-refractivity contribution >= 4 is 16.8 Å². The van der Waals surface area contributed by atoms with Crippen LogP contribution in [0.15, 0.2) is 34.7 Å². The molecule has 1 heterocycles. The fourth-order valence-corrected chi connectivity index (χ4v) is 2.75. The van der Waals surface area contributed by atoms with Gasteiger partial charge in [-0.2, -0.15) is 0 Å². The Morgan fingerprint density at radius 2 is 1.91 bits per heavy atom. The van der Waals surface area contributed by atoms with Gasteiger partial charge in [-0.1, -0.05) is 0 Å². The van der Waals surface area contributed by atoms with E-state index >= 15 is 0 Å². The van der Waals surface area contributed by atoms with Crippen LogP contribution in [0.5, 0.6) is 0 Å². The van der Waals surface area contributed by atoms with E-state index in [0.29, 0.717) is 29.1 Å². The van der Waals surface area contributed by atoms with Gasteiger partial charge in [-0.05, 0) is 26.8 Å². The summed E-state index contributed by atoms with van der Waals surface area (Å²) in [5.74, 6) is 0.386. The highest BCUT2D eigenvalue weighted by Crippen LogP contribution is 2.27. The van der Waals surface area contributed by atoms with Crippen molar-refractivity contribution in [3.63, 3.8) is 0 Å². The topological polar surface area (TPSA) is 41.1 Å². The maximum absolute atomic E-state index is 14.0. The number of fused-ring (bicyclic) bond motifs is 2. The normalized spacial score (nSPS) is 11.1. The van der Waals surface area contributed by atoms with Crippen LogP contribution in [0.3, 0.4) is 0 Å². The zero-order valence-corrected chi connectivity index (χ0v) is 13.7. The van der Waals surface area contributed by atoms with Crippen LogP contribution < -0.4 is 15.2 Å². The van der Waals surface area contributed by atoms with E-state index in [-0.39, 0.29) is 5.82 Å². The second-order valence-corrected chi connectivity index (χ2v) is 5.37. The van der Waals surface area contributed by atoms with E-state index in [4.69, 9.17) is 4.42 Å². The third-order valence-electron chi connectivity index (χ3n) is 3.95. The molecule has 0 saturated carbocycles. The fraction of sp³-hybridized carbons (Fsp3) is 0.333. The van der Waals surface area contributed by atoms with E-state index in [2.05, 4.69) is 28.7 Å². The number of rotatable bonds is 4. The van der Waals surface area contributed by atoms with Crippen LogP contribution in [0.1, 0.15) is 20.8 Å². The Morgan fingerprint density at radius 3 is 2.61 bits per heavy atom. The van der Waals surface area contributed by atoms with Gasteiger partial charge in [-0.15, -0.1) is 0 Å². The van der Waals surface area contributed by atoms with E-state index < -0.39 is 0 Å². The maximum atomic E-state index is 14.0. The van der Waals surface area contributed by atoms with E-state index in [0.717, 1.165) is 24.1 Å². The third-order valence-corrected chi connectivity index (χ3v) is 3.95. The monoisotopic (exact) mass is 314 g/mol. The lowest BCUT2D eigenvalue weighted by atomic mass is 10.2. The summed E-state index contributed by atoms with van der Waals surface area (Å²) in [5, 5.41) is 4.09. The number of hydrogen-bond donors (Lipinski definition) is 1. The molecule has 1 aliphatic carbocycles. The minimum atomic E-state index is -0.318. The van der Waals surface area contributed by atoms with Gasteiger partial charge in [-0.25, -0.2) is 13.9 Å². The Morgan fingerprint density at radius 1 is 1.13 bits per heavy atom. The Bertz CT molecular complexity index is 879. The van der Waals surface area contributed by atoms with Gasteiger partial charge in [0.15, 0.2) is 11.3 Å². The van der Waals surface area contributed by atoms with E-state index in [9.17, 15) is 4.39 Å². The van der Waals surface area contributed by atoms with Crippen LogP contribution in [0.4, 0.5) is 10.1 Å². The SMILES string of the molecule is CCNc1cc2oc3cc(=[N+](CC)CC)ccc-3nc2cc1F. The molecule has 5 heteroatoms. The zero-order chi connectivity index (χ0) is 16.4. The molecule has 0 fully saturated rings. The zero-order valence-electron chi connectivity index (χ0n) is 13.7. The van der Waals surface area contributed by atoms with E-state index in [1.165, 1.54) is 6.07 Å². The molecule has 3 rings (SSSR count). The molecule has 1 aromatic carbocycles. The average Bonchev–Trinajstić information content (AvgIpc) is 2.55. The van der Waals surface area contributed by atoms with Crippen LogP contribution in [0, 0.1) is 5.82 Å². The van der Waals surface area contributed by atoms with Gasteiger partial charge < -0.3 is 9.73 Å². The van der Waals surface area contributed by atoms with Gasteiger partial charge in [-0.3, -0.25) is 0 Å². The number of nitrogens with one attached hydrogen (secondary N) is 1. The highest BCUT2D eigenvalue weighted by atomic mass is 19.1. The molecule has 0 unspecified atom stereocenters. The third kappa shape index (κ3) is 2.91. The average molecular weight is 314 g/mol. The first-order chi connectivity index (χ1) is 11.2. The Hall–Kier alpha value is -2.43. The molecule has 23 heavy (non-hydrogen) atoms. The number of halogens is 1. The number of aromatic nitrogens is 1. The number of benzene rings is 2. The number of anilines is 1. The fourth-order valence-electron chi connectivity index (χ4n) is 2.75. The first-order valence-electron chi connectivity index (χ1n) is 8.02. The van der Waals surface area contributed by atoms with Crippen LogP contribution in [-0.2, 0) is 0 Å². The van der Waals surface area contributed by atoms with Crippen molar-refractivity contribution in [3.8, 4) is 11.5 Å². The van der Waals surface area contributed by atoms with Crippen LogP contribution in [0.2, 0.25) is 0 Å². The molecular weight excluding hydrogens is 293 g/mol. The molecule has 0 amide bonds. The smallest absolute Gasteiger partial charge is 0.203 e. The summed E-state index contributed by atoms with van der Waals surface area (Å²) in [6.07, 6.45) is 0. The van der Waals surface area contributed by atoms with E-state index in [1.807, 2.05) is 25.1 Å². The molecule has 1 N–H and O–H groups in total. The molecule has 2 aliphatic rings. The second-order valence-electron chi connectivity index (χ2n) is 5.37. The Balaban J connectivity index is 2.25. The van der Waals surface area contributed by atoms with Crippen molar-refractivity contribution in [2.75, 3.05) is 25.0 Å². The molecule has 0 radical (unpaired) electrons. The van der Waals surface area contributed by atoms with Gasteiger partial charge >= 0.3 is 0 Å². The van der Waals surface area contributed by atoms with Crippen LogP contribution in [0.25, 0.3) is 22.6 Å². The van der Waals surface area contributed by atoms with Crippen molar-refractivity contribution in [2.45, 2.75) is 20.8 Å². The lowest BCUT2D eigenvalue weighted by Crippen LogP contribution is -2.29. The van der Waals surface area contributed by atoms with Gasteiger partial charge in [0.2, 0.25) is 5.36 Å². The van der Waals surface area contributed by atoms with Gasteiger partial charge in [0.05, 0.1) is 11.8 Å². The molecular formula is C18H21FN3O+. The summed E-state index contributed by atoms with van der Waals surface area (Å²) in [6.45, 7) is 8.67. The first-order valence-corrected chi connectivity index (χ1v) is 8.02. The molecule has 0 atom stereocenters. The minimum Gasteiger partial charge on any atom is -0.452 e. The second kappa shape index (κ2) is 6.36. The van der Waals surface area contributed by atoms with Gasteiger partial charge in [0, 0.05) is 24.7 Å². The molecule has 4 nitrogen and oxygen atoms in total. The van der Waals surface area contributed by atoms with E-state index in [1.54, 1.807) is 6.07 Å². The minimum absolute atomic E-state index is 0.318. The summed E-state index contributed by atoms with van der Waals surface area (Å²) in [7, 11) is 0. The van der Waals surface area contributed by atoms with Gasteiger partial charge in [0.1, 0.15) is 30.1 Å². The Labute approximate surface area is 134 Å². The number of nitrogens with zero attached hydrogens (tertiary/aromatic N) is 2. The van der Waals surface area contributed by atoms with Crippen molar-refractivity contribution in [1.82, 2.24) is 9.56 Å². The summed E-state index contributed by atoms with van der Waals surface area (Å²) in [6, 6.07) is 9.01. The summed E-state index contributed by atoms with van der Waals surface area (Å²) in [4.78, 5) is 4.51. The van der Waals surface area contributed by atoms with Crippen LogP contribution >= 0.6 is 0 Å². The molecule has 0 saturated heterocycles. The molecule has 0 bridgehead atoms. The van der Waals surface area contributed by atoms with Crippen molar-refractivity contribution in [1.29, 1.82) is 0 Å². The van der Waals surface area contributed by atoms with Crippen molar-refractivity contribution in [2.24, 2.45) is 0 Å². The first kappa shape index (κ1) is 15.5. The molecule has 0 aromatic heterocycles. The molecule has 0 spiro atoms. The quantitative estimate of drug-likeness (QED) is 0.593.